The van der Waals surface area contributed by atoms with Crippen molar-refractivity contribution in [2.24, 2.45) is 5.92 Å². The third-order valence-corrected chi connectivity index (χ3v) is 5.36. The number of hydrogen-bond acceptors (Lipinski definition) is 4. The molecule has 0 saturated heterocycles. The van der Waals surface area contributed by atoms with E-state index < -0.39 is 35.1 Å². The number of thiophene rings is 1. The quantitative estimate of drug-likeness (QED) is 0.704. The third-order valence-electron chi connectivity index (χ3n) is 4.39. The predicted molar refractivity (Wildman–Crippen MR) is 106 cm³/mol. The number of nitrogens with one attached hydrogen (secondary N) is 2. The highest BCUT2D eigenvalue weighted by Crippen LogP contribution is 2.22. The molecule has 0 fully saturated rings. The Bertz CT molecular complexity index is 790. The number of halogens is 2. The van der Waals surface area contributed by atoms with Gasteiger partial charge in [0.15, 0.2) is 0 Å². The molecular weight excluding hydrogens is 384 g/mol. The minimum absolute atomic E-state index is 0.0172. The molecule has 0 saturated carbocycles. The van der Waals surface area contributed by atoms with Gasteiger partial charge < -0.3 is 15.5 Å². The second-order valence-corrected chi connectivity index (χ2v) is 8.01. The maximum absolute atomic E-state index is 13.8. The van der Waals surface area contributed by atoms with E-state index in [4.69, 9.17) is 0 Å². The molecule has 2 atom stereocenters. The van der Waals surface area contributed by atoms with Gasteiger partial charge in [-0.15, -0.1) is 11.3 Å². The van der Waals surface area contributed by atoms with E-state index in [0.29, 0.717) is 6.54 Å². The zero-order chi connectivity index (χ0) is 20.8. The number of benzene rings is 1. The van der Waals surface area contributed by atoms with E-state index in [-0.39, 0.29) is 12.0 Å². The molecule has 152 valence electrons. The predicted octanol–water partition coefficient (Wildman–Crippen LogP) is 3.20. The lowest BCUT2D eigenvalue weighted by Gasteiger charge is -2.26. The monoisotopic (exact) mass is 409 g/mol. The number of nitrogens with zero attached hydrogens (tertiary/aromatic N) is 1. The number of carbonyl (C=O) groups excluding carboxylic acids is 2. The Hall–Kier alpha value is -2.32. The molecule has 28 heavy (non-hydrogen) atoms. The van der Waals surface area contributed by atoms with E-state index in [1.165, 1.54) is 6.07 Å². The van der Waals surface area contributed by atoms with Crippen molar-refractivity contribution >= 4 is 23.2 Å². The van der Waals surface area contributed by atoms with Crippen LogP contribution in [0.4, 0.5) is 8.78 Å². The number of amides is 2. The molecule has 8 heteroatoms. The zero-order valence-corrected chi connectivity index (χ0v) is 17.1. The van der Waals surface area contributed by atoms with Gasteiger partial charge in [0.25, 0.3) is 5.91 Å². The highest BCUT2D eigenvalue weighted by atomic mass is 32.1. The Morgan fingerprint density at radius 2 is 1.75 bits per heavy atom. The number of likely N-dealkylation sites (N-methyl/N-ethyl adjacent to an activating group) is 1. The number of carbonyl (C=O) groups is 2. The van der Waals surface area contributed by atoms with Crippen LogP contribution >= 0.6 is 11.3 Å². The first kappa shape index (κ1) is 22.0. The second kappa shape index (κ2) is 9.75. The van der Waals surface area contributed by atoms with Crippen LogP contribution in [-0.4, -0.2) is 43.4 Å². The summed E-state index contributed by atoms with van der Waals surface area (Å²) in [4.78, 5) is 28.1. The molecule has 1 heterocycles. The molecule has 0 spiro atoms. The van der Waals surface area contributed by atoms with Crippen LogP contribution in [0.5, 0.6) is 0 Å². The molecule has 2 aromatic rings. The SMILES string of the molecule is CC(C)C(NC(=O)c1c(F)cccc1F)C(=O)NCC(c1cccs1)N(C)C. The largest absolute Gasteiger partial charge is 0.352 e. The van der Waals surface area contributed by atoms with Crippen molar-refractivity contribution in [2.45, 2.75) is 25.9 Å². The molecule has 2 rings (SSSR count). The topological polar surface area (TPSA) is 61.4 Å². The van der Waals surface area contributed by atoms with Crippen molar-refractivity contribution in [1.29, 1.82) is 0 Å². The fourth-order valence-electron chi connectivity index (χ4n) is 2.79. The summed E-state index contributed by atoms with van der Waals surface area (Å²) in [7, 11) is 3.83. The lowest BCUT2D eigenvalue weighted by Crippen LogP contribution is -2.51. The first-order chi connectivity index (χ1) is 13.2. The lowest BCUT2D eigenvalue weighted by molar-refractivity contribution is -0.124. The zero-order valence-electron chi connectivity index (χ0n) is 16.3. The summed E-state index contributed by atoms with van der Waals surface area (Å²) in [6.07, 6.45) is 0. The van der Waals surface area contributed by atoms with E-state index in [9.17, 15) is 18.4 Å². The van der Waals surface area contributed by atoms with Crippen molar-refractivity contribution in [2.75, 3.05) is 20.6 Å². The van der Waals surface area contributed by atoms with Crippen LogP contribution in [-0.2, 0) is 4.79 Å². The van der Waals surface area contributed by atoms with Crippen molar-refractivity contribution in [1.82, 2.24) is 15.5 Å². The maximum atomic E-state index is 13.8. The summed E-state index contributed by atoms with van der Waals surface area (Å²) in [5, 5.41) is 7.27. The molecule has 2 amide bonds. The minimum Gasteiger partial charge on any atom is -0.352 e. The van der Waals surface area contributed by atoms with E-state index in [1.54, 1.807) is 25.2 Å². The number of rotatable bonds is 8. The van der Waals surface area contributed by atoms with Crippen LogP contribution in [0.25, 0.3) is 0 Å². The van der Waals surface area contributed by atoms with Crippen LogP contribution in [0.2, 0.25) is 0 Å². The average molecular weight is 410 g/mol. The molecule has 0 bridgehead atoms. The molecule has 5 nitrogen and oxygen atoms in total. The van der Waals surface area contributed by atoms with E-state index in [0.717, 1.165) is 17.0 Å². The van der Waals surface area contributed by atoms with Crippen LogP contribution in [0, 0.1) is 17.6 Å². The molecule has 0 aliphatic rings. The first-order valence-electron chi connectivity index (χ1n) is 8.94. The molecule has 2 unspecified atom stereocenters. The number of hydrogen-bond donors (Lipinski definition) is 2. The van der Waals surface area contributed by atoms with Crippen LogP contribution in [0.1, 0.15) is 35.1 Å². The molecule has 1 aromatic carbocycles. The normalized spacial score (nSPS) is 13.4. The Labute approximate surface area is 167 Å². The standard InChI is InChI=1S/C20H25F2N3O2S/c1-12(2)18(24-19(26)17-13(21)7-5-8-14(17)22)20(27)23-11-15(25(3)4)16-9-6-10-28-16/h5-10,12,15,18H,11H2,1-4H3,(H,23,27)(H,24,26). The van der Waals surface area contributed by atoms with Gasteiger partial charge in [0.1, 0.15) is 23.2 Å². The van der Waals surface area contributed by atoms with Gasteiger partial charge in [-0.05, 0) is 43.6 Å². The van der Waals surface area contributed by atoms with Crippen molar-refractivity contribution in [3.05, 3.63) is 57.8 Å². The van der Waals surface area contributed by atoms with Gasteiger partial charge in [0.05, 0.1) is 6.04 Å². The third kappa shape index (κ3) is 5.36. The van der Waals surface area contributed by atoms with E-state index in [1.807, 2.05) is 36.5 Å². The minimum atomic E-state index is -0.967. The summed E-state index contributed by atoms with van der Waals surface area (Å²) in [6.45, 7) is 3.86. The lowest BCUT2D eigenvalue weighted by atomic mass is 10.0. The van der Waals surface area contributed by atoms with Gasteiger partial charge in [-0.2, -0.15) is 0 Å². The van der Waals surface area contributed by atoms with Crippen LogP contribution in [0.15, 0.2) is 35.7 Å². The van der Waals surface area contributed by atoms with Crippen LogP contribution in [0.3, 0.4) is 0 Å². The summed E-state index contributed by atoms with van der Waals surface area (Å²) in [5.74, 6) is -3.55. The average Bonchev–Trinajstić information content (AvgIpc) is 3.13. The maximum Gasteiger partial charge on any atom is 0.257 e. The van der Waals surface area contributed by atoms with Gasteiger partial charge in [0, 0.05) is 11.4 Å². The van der Waals surface area contributed by atoms with Gasteiger partial charge in [-0.3, -0.25) is 9.59 Å². The Morgan fingerprint density at radius 1 is 1.11 bits per heavy atom. The van der Waals surface area contributed by atoms with Gasteiger partial charge in [-0.25, -0.2) is 8.78 Å². The van der Waals surface area contributed by atoms with E-state index in [2.05, 4.69) is 10.6 Å². The molecule has 0 aliphatic heterocycles. The van der Waals surface area contributed by atoms with E-state index >= 15 is 0 Å². The van der Waals surface area contributed by atoms with Gasteiger partial charge in [-0.1, -0.05) is 26.0 Å². The molecule has 2 N–H and O–H groups in total. The summed E-state index contributed by atoms with van der Waals surface area (Å²) < 4.78 is 27.7. The Morgan fingerprint density at radius 3 is 2.25 bits per heavy atom. The molecule has 1 aromatic heterocycles. The highest BCUT2D eigenvalue weighted by Gasteiger charge is 2.28. The first-order valence-corrected chi connectivity index (χ1v) is 9.82. The molecule has 0 radical (unpaired) electrons. The van der Waals surface area contributed by atoms with Crippen molar-refractivity contribution < 1.29 is 18.4 Å². The van der Waals surface area contributed by atoms with Gasteiger partial charge in [0.2, 0.25) is 5.91 Å². The molecule has 0 aliphatic carbocycles. The van der Waals surface area contributed by atoms with Crippen molar-refractivity contribution in [3.63, 3.8) is 0 Å². The molecular formula is C20H25F2N3O2S. The Kier molecular flexibility index (Phi) is 7.65. The summed E-state index contributed by atoms with van der Waals surface area (Å²) >= 11 is 1.59. The van der Waals surface area contributed by atoms with Gasteiger partial charge >= 0.3 is 0 Å². The summed E-state index contributed by atoms with van der Waals surface area (Å²) in [5.41, 5.74) is -0.689. The summed E-state index contributed by atoms with van der Waals surface area (Å²) in [6, 6.07) is 6.19. The van der Waals surface area contributed by atoms with Crippen LogP contribution < -0.4 is 10.6 Å². The van der Waals surface area contributed by atoms with Crippen molar-refractivity contribution in [3.8, 4) is 0 Å². The fraction of sp³-hybridized carbons (Fsp3) is 0.400. The fourth-order valence-corrected chi connectivity index (χ4v) is 3.71. The Balaban J connectivity index is 2.08. The second-order valence-electron chi connectivity index (χ2n) is 7.03. The smallest absolute Gasteiger partial charge is 0.257 e. The highest BCUT2D eigenvalue weighted by molar-refractivity contribution is 7.10.